The molecule has 3 aliphatic rings. The Morgan fingerprint density at radius 3 is 2.55 bits per heavy atom. The topological polar surface area (TPSA) is 91.1 Å². The number of fused-ring (bicyclic) bond motifs is 1. The fourth-order valence-corrected chi connectivity index (χ4v) is 3.89. The van der Waals surface area contributed by atoms with Crippen LogP contribution in [0.4, 0.5) is 4.39 Å². The number of nitrogens with one attached hydrogen (secondary N) is 1. The van der Waals surface area contributed by atoms with Crippen molar-refractivity contribution in [3.05, 3.63) is 0 Å². The van der Waals surface area contributed by atoms with Crippen LogP contribution in [0.15, 0.2) is 10.2 Å². The Labute approximate surface area is 128 Å². The van der Waals surface area contributed by atoms with Crippen LogP contribution in [0.2, 0.25) is 0 Å². The van der Waals surface area contributed by atoms with E-state index in [2.05, 4.69) is 15.5 Å². The maximum atomic E-state index is 13.6. The standard InChI is InChI=1S/C15H22FN3O3/c16-9-3-6-12-11(7-9)13(14(20)17-12)19-18-10-4-1-8(2-5-10)15(21)22/h8-13H,1-7H2,(H,17,20)(H,21,22). The number of nitrogens with zero attached hydrogens (tertiary/aromatic N) is 2. The molecule has 1 heterocycles. The van der Waals surface area contributed by atoms with E-state index in [1.165, 1.54) is 0 Å². The van der Waals surface area contributed by atoms with Crippen molar-refractivity contribution in [3.8, 4) is 0 Å². The quantitative estimate of drug-likeness (QED) is 0.782. The van der Waals surface area contributed by atoms with E-state index in [0.717, 1.165) is 0 Å². The average Bonchev–Trinajstić information content (AvgIpc) is 2.80. The molecule has 2 saturated carbocycles. The van der Waals surface area contributed by atoms with Crippen molar-refractivity contribution >= 4 is 11.9 Å². The minimum Gasteiger partial charge on any atom is -0.481 e. The number of alkyl halides is 1. The fourth-order valence-electron chi connectivity index (χ4n) is 3.89. The van der Waals surface area contributed by atoms with Gasteiger partial charge in [0, 0.05) is 12.0 Å². The van der Waals surface area contributed by atoms with Crippen LogP contribution in [-0.2, 0) is 9.59 Å². The second kappa shape index (κ2) is 6.30. The molecule has 1 aliphatic heterocycles. The second-order valence-corrected chi connectivity index (χ2v) is 6.71. The summed E-state index contributed by atoms with van der Waals surface area (Å²) in [5.74, 6) is -1.26. The number of aliphatic carboxylic acids is 1. The highest BCUT2D eigenvalue weighted by Gasteiger charge is 2.46. The number of carbonyl (C=O) groups excluding carboxylic acids is 1. The molecule has 0 aromatic rings. The molecule has 0 radical (unpaired) electrons. The van der Waals surface area contributed by atoms with Crippen LogP contribution in [0.3, 0.4) is 0 Å². The summed E-state index contributed by atoms with van der Waals surface area (Å²) < 4.78 is 13.6. The van der Waals surface area contributed by atoms with Crippen molar-refractivity contribution < 1.29 is 19.1 Å². The average molecular weight is 311 g/mol. The number of carboxylic acids is 1. The van der Waals surface area contributed by atoms with Gasteiger partial charge in [-0.1, -0.05) is 0 Å². The van der Waals surface area contributed by atoms with E-state index in [1.54, 1.807) is 0 Å². The minimum atomic E-state index is -0.849. The van der Waals surface area contributed by atoms with Gasteiger partial charge in [-0.25, -0.2) is 4.39 Å². The molecule has 3 fully saturated rings. The predicted molar refractivity (Wildman–Crippen MR) is 76.2 cm³/mol. The zero-order valence-electron chi connectivity index (χ0n) is 12.4. The molecule has 2 aliphatic carbocycles. The van der Waals surface area contributed by atoms with E-state index >= 15 is 0 Å². The maximum Gasteiger partial charge on any atom is 0.306 e. The molecule has 122 valence electrons. The summed E-state index contributed by atoms with van der Waals surface area (Å²) >= 11 is 0. The summed E-state index contributed by atoms with van der Waals surface area (Å²) in [7, 11) is 0. The summed E-state index contributed by atoms with van der Waals surface area (Å²) in [6, 6.07) is -0.542. The second-order valence-electron chi connectivity index (χ2n) is 6.71. The Morgan fingerprint density at radius 2 is 1.86 bits per heavy atom. The molecule has 0 bridgehead atoms. The molecule has 3 rings (SSSR count). The van der Waals surface area contributed by atoms with E-state index in [1.807, 2.05) is 0 Å². The monoisotopic (exact) mass is 311 g/mol. The molecule has 1 amide bonds. The molecule has 6 nitrogen and oxygen atoms in total. The zero-order chi connectivity index (χ0) is 15.7. The molecule has 2 N–H and O–H groups in total. The number of carboxylic acid groups (broad SMARTS) is 1. The predicted octanol–water partition coefficient (Wildman–Crippen LogP) is 2.09. The van der Waals surface area contributed by atoms with Gasteiger partial charge in [0.15, 0.2) is 6.04 Å². The number of rotatable bonds is 3. The van der Waals surface area contributed by atoms with Crippen molar-refractivity contribution in [2.75, 3.05) is 0 Å². The Hall–Kier alpha value is -1.53. The number of amides is 1. The van der Waals surface area contributed by atoms with E-state index < -0.39 is 18.2 Å². The van der Waals surface area contributed by atoms with Gasteiger partial charge >= 0.3 is 5.97 Å². The Morgan fingerprint density at radius 1 is 1.14 bits per heavy atom. The molecule has 0 aromatic heterocycles. The van der Waals surface area contributed by atoms with Crippen molar-refractivity contribution in [1.29, 1.82) is 0 Å². The molecule has 4 unspecified atom stereocenters. The smallest absolute Gasteiger partial charge is 0.306 e. The first-order chi connectivity index (χ1) is 10.5. The molecule has 0 aromatic carbocycles. The first-order valence-corrected chi connectivity index (χ1v) is 8.12. The van der Waals surface area contributed by atoms with Crippen molar-refractivity contribution in [1.82, 2.24) is 5.32 Å². The van der Waals surface area contributed by atoms with Gasteiger partial charge in [-0.15, -0.1) is 0 Å². The highest BCUT2D eigenvalue weighted by molar-refractivity contribution is 5.85. The van der Waals surface area contributed by atoms with Crippen LogP contribution in [0.25, 0.3) is 0 Å². The summed E-state index contributed by atoms with van der Waals surface area (Å²) in [5, 5.41) is 20.4. The third-order valence-electron chi connectivity index (χ3n) is 5.24. The maximum absolute atomic E-state index is 13.6. The van der Waals surface area contributed by atoms with Gasteiger partial charge in [0.1, 0.15) is 6.17 Å². The summed E-state index contributed by atoms with van der Waals surface area (Å²) in [5.41, 5.74) is 0. The normalized spacial score (nSPS) is 42.1. The van der Waals surface area contributed by atoms with Gasteiger partial charge < -0.3 is 10.4 Å². The van der Waals surface area contributed by atoms with Gasteiger partial charge in [-0.05, 0) is 44.9 Å². The summed E-state index contributed by atoms with van der Waals surface area (Å²) in [4.78, 5) is 22.9. The highest BCUT2D eigenvalue weighted by atomic mass is 19.1. The van der Waals surface area contributed by atoms with Crippen molar-refractivity contribution in [3.63, 3.8) is 0 Å². The lowest BCUT2D eigenvalue weighted by Gasteiger charge is -2.28. The van der Waals surface area contributed by atoms with Gasteiger partial charge in [0.05, 0.1) is 12.0 Å². The largest absolute Gasteiger partial charge is 0.481 e. The SMILES string of the molecule is O=C(O)C1CCC(N=NC2C(=O)NC3CCC(F)CC32)CC1. The molecule has 1 saturated heterocycles. The van der Waals surface area contributed by atoms with E-state index in [4.69, 9.17) is 5.11 Å². The Bertz CT molecular complexity index is 477. The third-order valence-corrected chi connectivity index (χ3v) is 5.24. The van der Waals surface area contributed by atoms with E-state index in [9.17, 15) is 14.0 Å². The van der Waals surface area contributed by atoms with Crippen LogP contribution in [0.5, 0.6) is 0 Å². The Balaban J connectivity index is 1.58. The van der Waals surface area contributed by atoms with Crippen LogP contribution in [0, 0.1) is 11.8 Å². The fraction of sp³-hybridized carbons (Fsp3) is 0.867. The van der Waals surface area contributed by atoms with Crippen molar-refractivity contribution in [2.24, 2.45) is 22.1 Å². The molecule has 0 spiro atoms. The van der Waals surface area contributed by atoms with Gasteiger partial charge in [-0.3, -0.25) is 9.59 Å². The number of hydrogen-bond donors (Lipinski definition) is 2. The van der Waals surface area contributed by atoms with Crippen LogP contribution < -0.4 is 5.32 Å². The number of halogens is 1. The lowest BCUT2D eigenvalue weighted by atomic mass is 9.82. The first kappa shape index (κ1) is 15.4. The van der Waals surface area contributed by atoms with Crippen LogP contribution in [0.1, 0.15) is 44.9 Å². The molecule has 22 heavy (non-hydrogen) atoms. The van der Waals surface area contributed by atoms with E-state index in [0.29, 0.717) is 44.9 Å². The van der Waals surface area contributed by atoms with Crippen LogP contribution >= 0.6 is 0 Å². The minimum absolute atomic E-state index is 0.00721. The van der Waals surface area contributed by atoms with Crippen molar-refractivity contribution in [2.45, 2.75) is 69.2 Å². The lowest BCUT2D eigenvalue weighted by molar-refractivity contribution is -0.142. The van der Waals surface area contributed by atoms with Gasteiger partial charge in [0.25, 0.3) is 0 Å². The Kier molecular flexibility index (Phi) is 4.40. The zero-order valence-corrected chi connectivity index (χ0v) is 12.4. The molecular weight excluding hydrogens is 289 g/mol. The third kappa shape index (κ3) is 3.13. The van der Waals surface area contributed by atoms with E-state index in [-0.39, 0.29) is 29.8 Å². The lowest BCUT2D eigenvalue weighted by Crippen LogP contribution is -2.35. The number of hydrogen-bond acceptors (Lipinski definition) is 4. The van der Waals surface area contributed by atoms with Gasteiger partial charge in [0.2, 0.25) is 5.91 Å². The highest BCUT2D eigenvalue weighted by Crippen LogP contribution is 2.35. The number of carbonyl (C=O) groups is 2. The van der Waals surface area contributed by atoms with Gasteiger partial charge in [-0.2, -0.15) is 10.2 Å². The van der Waals surface area contributed by atoms with Crippen LogP contribution in [-0.4, -0.2) is 41.3 Å². The summed E-state index contributed by atoms with van der Waals surface area (Å²) in [6.45, 7) is 0. The summed E-state index contributed by atoms with van der Waals surface area (Å²) in [6.07, 6.45) is 3.29. The first-order valence-electron chi connectivity index (χ1n) is 8.12. The molecule has 7 heteroatoms. The molecule has 4 atom stereocenters. The molecular formula is C15H22FN3O3. The number of azo groups is 1.